The fourth-order valence-electron chi connectivity index (χ4n) is 4.11. The van der Waals surface area contributed by atoms with Crippen molar-refractivity contribution in [2.75, 3.05) is 19.5 Å². The van der Waals surface area contributed by atoms with Crippen molar-refractivity contribution in [1.82, 2.24) is 0 Å². The van der Waals surface area contributed by atoms with Crippen LogP contribution in [0.4, 0.5) is 5.69 Å². The molecule has 8 heteroatoms. The number of amides is 1. The van der Waals surface area contributed by atoms with Crippen LogP contribution in [-0.4, -0.2) is 41.4 Å². The molecule has 0 heterocycles. The van der Waals surface area contributed by atoms with E-state index < -0.39 is 11.4 Å². The zero-order valence-corrected chi connectivity index (χ0v) is 19.0. The minimum atomic E-state index is -1.12. The Morgan fingerprint density at radius 1 is 0.882 bits per heavy atom. The predicted octanol–water partition coefficient (Wildman–Crippen LogP) is 4.46. The number of aromatic hydroxyl groups is 2. The van der Waals surface area contributed by atoms with Crippen molar-refractivity contribution >= 4 is 17.6 Å². The molecule has 0 bridgehead atoms. The highest BCUT2D eigenvalue weighted by Crippen LogP contribution is 2.50. The van der Waals surface area contributed by atoms with Crippen LogP contribution in [0.3, 0.4) is 0 Å². The molecule has 0 unspecified atom stereocenters. The smallest absolute Gasteiger partial charge is 0.336 e. The minimum Gasteiger partial charge on any atom is -0.504 e. The summed E-state index contributed by atoms with van der Waals surface area (Å²) in [6.45, 7) is 1.85. The summed E-state index contributed by atoms with van der Waals surface area (Å²) in [7, 11) is 2.91. The molecule has 3 aromatic rings. The Morgan fingerprint density at radius 2 is 1.56 bits per heavy atom. The van der Waals surface area contributed by atoms with Crippen molar-refractivity contribution in [2.24, 2.45) is 0 Å². The lowest BCUT2D eigenvalue weighted by molar-refractivity contribution is -0.118. The molecule has 4 N–H and O–H groups in total. The van der Waals surface area contributed by atoms with Gasteiger partial charge in [-0.1, -0.05) is 12.1 Å². The van der Waals surface area contributed by atoms with Gasteiger partial charge in [0, 0.05) is 11.3 Å². The van der Waals surface area contributed by atoms with Crippen LogP contribution in [0.1, 0.15) is 34.3 Å². The highest BCUT2D eigenvalue weighted by molar-refractivity contribution is 6.03. The molecule has 1 fully saturated rings. The van der Waals surface area contributed by atoms with Gasteiger partial charge < -0.3 is 30.1 Å². The van der Waals surface area contributed by atoms with Crippen molar-refractivity contribution < 1.29 is 34.4 Å². The number of anilines is 1. The standard InChI is InChI=1S/C26H25NO7/c1-14-4-6-16(27-25(32)26(8-9-26)15-5-7-20(28)21(29)10-15)11-17(14)18-12-22(33-2)23(34-3)13-19(18)24(30)31/h4-7,10-13,28-29H,8-9H2,1-3H3,(H,27,32)(H,30,31). The molecule has 8 nitrogen and oxygen atoms in total. The normalized spacial score (nSPS) is 13.7. The summed E-state index contributed by atoms with van der Waals surface area (Å²) < 4.78 is 10.6. The summed E-state index contributed by atoms with van der Waals surface area (Å²) in [6.07, 6.45) is 1.22. The first-order valence-corrected chi connectivity index (χ1v) is 10.6. The van der Waals surface area contributed by atoms with E-state index in [0.29, 0.717) is 46.7 Å². The first kappa shape index (κ1) is 23.0. The van der Waals surface area contributed by atoms with Crippen LogP contribution in [0, 0.1) is 6.92 Å². The second-order valence-electron chi connectivity index (χ2n) is 8.33. The van der Waals surface area contributed by atoms with Crippen LogP contribution in [0.15, 0.2) is 48.5 Å². The average Bonchev–Trinajstić information content (AvgIpc) is 3.63. The van der Waals surface area contributed by atoms with Crippen molar-refractivity contribution in [1.29, 1.82) is 0 Å². The minimum absolute atomic E-state index is 0.0439. The average molecular weight is 463 g/mol. The fourth-order valence-corrected chi connectivity index (χ4v) is 4.11. The van der Waals surface area contributed by atoms with Gasteiger partial charge in [0.1, 0.15) is 0 Å². The zero-order chi connectivity index (χ0) is 24.6. The number of phenolic OH excluding ortho intramolecular Hbond substituents is 2. The lowest BCUT2D eigenvalue weighted by Crippen LogP contribution is -2.27. The van der Waals surface area contributed by atoms with E-state index in [1.165, 1.54) is 32.4 Å². The molecule has 0 atom stereocenters. The fraction of sp³-hybridized carbons (Fsp3) is 0.231. The highest BCUT2D eigenvalue weighted by Gasteiger charge is 2.51. The van der Waals surface area contributed by atoms with Crippen molar-refractivity contribution in [3.05, 3.63) is 65.2 Å². The molecule has 0 aromatic heterocycles. The number of carboxylic acid groups (broad SMARTS) is 1. The molecule has 1 amide bonds. The molecule has 176 valence electrons. The Kier molecular flexibility index (Phi) is 5.83. The number of phenols is 2. The number of methoxy groups -OCH3 is 2. The molecule has 1 aliphatic carbocycles. The number of hydrogen-bond acceptors (Lipinski definition) is 6. The van der Waals surface area contributed by atoms with Crippen molar-refractivity contribution in [3.8, 4) is 34.1 Å². The van der Waals surface area contributed by atoms with Crippen LogP contribution >= 0.6 is 0 Å². The van der Waals surface area contributed by atoms with E-state index in [-0.39, 0.29) is 23.0 Å². The number of nitrogens with one attached hydrogen (secondary N) is 1. The second-order valence-corrected chi connectivity index (χ2v) is 8.33. The molecule has 1 saturated carbocycles. The van der Waals surface area contributed by atoms with Gasteiger partial charge in [0.15, 0.2) is 23.0 Å². The molecule has 0 saturated heterocycles. The number of ether oxygens (including phenoxy) is 2. The number of carboxylic acids is 1. The largest absolute Gasteiger partial charge is 0.504 e. The summed E-state index contributed by atoms with van der Waals surface area (Å²) in [5.41, 5.74) is 2.27. The Labute approximate surface area is 196 Å². The van der Waals surface area contributed by atoms with E-state index in [1.807, 2.05) is 6.92 Å². The molecular formula is C26H25NO7. The number of aromatic carboxylic acids is 1. The van der Waals surface area contributed by atoms with Gasteiger partial charge in [0.25, 0.3) is 0 Å². The van der Waals surface area contributed by atoms with E-state index in [0.717, 1.165) is 5.56 Å². The maximum Gasteiger partial charge on any atom is 0.336 e. The summed E-state index contributed by atoms with van der Waals surface area (Å²) in [4.78, 5) is 25.2. The molecule has 4 rings (SSSR count). The molecule has 1 aliphatic rings. The van der Waals surface area contributed by atoms with E-state index in [2.05, 4.69) is 5.32 Å². The molecular weight excluding hydrogens is 438 g/mol. The van der Waals surface area contributed by atoms with Crippen LogP contribution in [0.25, 0.3) is 11.1 Å². The zero-order valence-electron chi connectivity index (χ0n) is 19.0. The van der Waals surface area contributed by atoms with E-state index in [1.54, 1.807) is 30.3 Å². The summed E-state index contributed by atoms with van der Waals surface area (Å²) in [5, 5.41) is 32.2. The topological polar surface area (TPSA) is 125 Å². The van der Waals surface area contributed by atoms with Crippen LogP contribution in [0.5, 0.6) is 23.0 Å². The van der Waals surface area contributed by atoms with E-state index in [4.69, 9.17) is 9.47 Å². The van der Waals surface area contributed by atoms with E-state index >= 15 is 0 Å². The Hall–Kier alpha value is -4.20. The Bertz CT molecular complexity index is 1290. The summed E-state index contributed by atoms with van der Waals surface area (Å²) in [5.74, 6) is -1.18. The van der Waals surface area contributed by atoms with Gasteiger partial charge in [-0.05, 0) is 72.9 Å². The van der Waals surface area contributed by atoms with Crippen molar-refractivity contribution in [2.45, 2.75) is 25.2 Å². The lowest BCUT2D eigenvalue weighted by Gasteiger charge is -2.18. The monoisotopic (exact) mass is 463 g/mol. The SMILES string of the molecule is COc1cc(C(=O)O)c(-c2cc(NC(=O)C3(c4ccc(O)c(O)c4)CC3)ccc2C)cc1OC. The van der Waals surface area contributed by atoms with Crippen LogP contribution < -0.4 is 14.8 Å². The molecule has 0 aliphatic heterocycles. The Balaban J connectivity index is 1.70. The van der Waals surface area contributed by atoms with Gasteiger partial charge in [-0.15, -0.1) is 0 Å². The molecule has 0 spiro atoms. The van der Waals surface area contributed by atoms with Gasteiger partial charge in [-0.2, -0.15) is 0 Å². The molecule has 0 radical (unpaired) electrons. The van der Waals surface area contributed by atoms with Crippen LogP contribution in [0.2, 0.25) is 0 Å². The summed E-state index contributed by atoms with van der Waals surface area (Å²) >= 11 is 0. The Morgan fingerprint density at radius 3 is 2.15 bits per heavy atom. The van der Waals surface area contributed by atoms with Gasteiger partial charge in [0.2, 0.25) is 5.91 Å². The van der Waals surface area contributed by atoms with E-state index in [9.17, 15) is 24.9 Å². The number of carbonyl (C=O) groups excluding carboxylic acids is 1. The number of hydrogen-bond donors (Lipinski definition) is 4. The number of rotatable bonds is 7. The summed E-state index contributed by atoms with van der Waals surface area (Å²) in [6, 6.07) is 12.7. The first-order valence-electron chi connectivity index (χ1n) is 10.6. The quantitative estimate of drug-likeness (QED) is 0.381. The maximum atomic E-state index is 13.2. The predicted molar refractivity (Wildman–Crippen MR) is 126 cm³/mol. The maximum absolute atomic E-state index is 13.2. The third kappa shape index (κ3) is 3.98. The number of aryl methyl sites for hydroxylation is 1. The molecule has 3 aromatic carbocycles. The highest BCUT2D eigenvalue weighted by atomic mass is 16.5. The third-order valence-corrected chi connectivity index (χ3v) is 6.25. The number of carbonyl (C=O) groups is 2. The van der Waals surface area contributed by atoms with Gasteiger partial charge in [0.05, 0.1) is 25.2 Å². The van der Waals surface area contributed by atoms with Gasteiger partial charge in [-0.25, -0.2) is 4.79 Å². The number of benzene rings is 3. The molecule has 34 heavy (non-hydrogen) atoms. The third-order valence-electron chi connectivity index (χ3n) is 6.25. The second kappa shape index (κ2) is 8.62. The first-order chi connectivity index (χ1) is 16.2. The van der Waals surface area contributed by atoms with Gasteiger partial charge in [-0.3, -0.25) is 4.79 Å². The van der Waals surface area contributed by atoms with Crippen molar-refractivity contribution in [3.63, 3.8) is 0 Å². The lowest BCUT2D eigenvalue weighted by atomic mass is 9.93. The van der Waals surface area contributed by atoms with Gasteiger partial charge >= 0.3 is 5.97 Å². The van der Waals surface area contributed by atoms with Crippen LogP contribution in [-0.2, 0) is 10.2 Å².